The second-order valence-corrected chi connectivity index (χ2v) is 5.44. The van der Waals surface area contributed by atoms with Gasteiger partial charge in [-0.25, -0.2) is 0 Å². The average molecular weight is 314 g/mol. The zero-order chi connectivity index (χ0) is 15.6. The van der Waals surface area contributed by atoms with Gasteiger partial charge in [0.25, 0.3) is 0 Å². The molecule has 0 aliphatic carbocycles. The molecule has 0 spiro atoms. The molecule has 21 heavy (non-hydrogen) atoms. The van der Waals surface area contributed by atoms with Crippen molar-refractivity contribution in [2.75, 3.05) is 0 Å². The van der Waals surface area contributed by atoms with Gasteiger partial charge in [0.15, 0.2) is 0 Å². The fourth-order valence-electron chi connectivity index (χ4n) is 2.25. The Balaban J connectivity index is 2.19. The molecule has 0 amide bonds. The summed E-state index contributed by atoms with van der Waals surface area (Å²) in [5.41, 5.74) is 7.72. The molecule has 5 heteroatoms. The molecule has 0 aromatic heterocycles. The van der Waals surface area contributed by atoms with E-state index < -0.39 is 11.7 Å². The lowest BCUT2D eigenvalue weighted by Crippen LogP contribution is -2.15. The van der Waals surface area contributed by atoms with Gasteiger partial charge in [-0.2, -0.15) is 13.2 Å². The lowest BCUT2D eigenvalue weighted by molar-refractivity contribution is -0.137. The molecule has 0 saturated heterocycles. The van der Waals surface area contributed by atoms with E-state index in [2.05, 4.69) is 0 Å². The number of nitrogens with two attached hydrogens (primary N) is 1. The zero-order valence-electron chi connectivity index (χ0n) is 11.4. The molecule has 1 unspecified atom stereocenters. The third-order valence-electron chi connectivity index (χ3n) is 3.37. The minimum Gasteiger partial charge on any atom is -0.324 e. The van der Waals surface area contributed by atoms with E-state index in [1.165, 1.54) is 6.07 Å². The molecule has 0 fully saturated rings. The molecular formula is C16H15ClF3N. The smallest absolute Gasteiger partial charge is 0.324 e. The standard InChI is InChI=1S/C16H15ClF3N/c1-10-8-12(16(18,19)20)4-7-14(10)15(21)9-11-2-5-13(17)6-3-11/h2-8,15H,9,21H2,1H3. The van der Waals surface area contributed by atoms with Crippen molar-refractivity contribution in [1.82, 2.24) is 0 Å². The number of halogens is 4. The Morgan fingerprint density at radius 3 is 2.24 bits per heavy atom. The van der Waals surface area contributed by atoms with Crippen LogP contribution in [0.2, 0.25) is 5.02 Å². The van der Waals surface area contributed by atoms with E-state index in [1.54, 1.807) is 19.1 Å². The zero-order valence-corrected chi connectivity index (χ0v) is 12.2. The number of hydrogen-bond acceptors (Lipinski definition) is 1. The summed E-state index contributed by atoms with van der Waals surface area (Å²) in [4.78, 5) is 0. The Morgan fingerprint density at radius 2 is 1.71 bits per heavy atom. The predicted molar refractivity (Wildman–Crippen MR) is 78.3 cm³/mol. The van der Waals surface area contributed by atoms with Crippen molar-refractivity contribution in [1.29, 1.82) is 0 Å². The van der Waals surface area contributed by atoms with Gasteiger partial charge >= 0.3 is 6.18 Å². The summed E-state index contributed by atoms with van der Waals surface area (Å²) in [7, 11) is 0. The first-order chi connectivity index (χ1) is 9.77. The molecule has 0 aliphatic heterocycles. The Bertz CT molecular complexity index is 620. The van der Waals surface area contributed by atoms with Crippen LogP contribution in [0.3, 0.4) is 0 Å². The van der Waals surface area contributed by atoms with E-state index in [0.29, 0.717) is 17.0 Å². The highest BCUT2D eigenvalue weighted by Gasteiger charge is 2.30. The van der Waals surface area contributed by atoms with Crippen LogP contribution >= 0.6 is 11.6 Å². The van der Waals surface area contributed by atoms with Crippen molar-refractivity contribution in [3.8, 4) is 0 Å². The van der Waals surface area contributed by atoms with Gasteiger partial charge in [-0.1, -0.05) is 29.8 Å². The summed E-state index contributed by atoms with van der Waals surface area (Å²) in [6.45, 7) is 1.65. The second-order valence-electron chi connectivity index (χ2n) is 5.01. The van der Waals surface area contributed by atoms with Gasteiger partial charge in [-0.05, 0) is 54.3 Å². The van der Waals surface area contributed by atoms with Gasteiger partial charge in [0.05, 0.1) is 5.56 Å². The van der Waals surface area contributed by atoms with E-state index in [4.69, 9.17) is 17.3 Å². The Kier molecular flexibility index (Phi) is 4.59. The van der Waals surface area contributed by atoms with Crippen LogP contribution in [-0.4, -0.2) is 0 Å². The lowest BCUT2D eigenvalue weighted by atomic mass is 9.94. The minimum atomic E-state index is -4.33. The maximum Gasteiger partial charge on any atom is 0.416 e. The molecule has 2 rings (SSSR count). The summed E-state index contributed by atoms with van der Waals surface area (Å²) < 4.78 is 37.9. The van der Waals surface area contributed by atoms with Crippen molar-refractivity contribution in [2.24, 2.45) is 5.73 Å². The fourth-order valence-corrected chi connectivity index (χ4v) is 2.38. The van der Waals surface area contributed by atoms with Gasteiger partial charge in [0, 0.05) is 11.1 Å². The average Bonchev–Trinajstić information content (AvgIpc) is 2.40. The second kappa shape index (κ2) is 6.08. The van der Waals surface area contributed by atoms with Crippen molar-refractivity contribution in [2.45, 2.75) is 25.6 Å². The first-order valence-electron chi connectivity index (χ1n) is 6.45. The Labute approximate surface area is 126 Å². The molecule has 0 aliphatic rings. The highest BCUT2D eigenvalue weighted by molar-refractivity contribution is 6.30. The van der Waals surface area contributed by atoms with Gasteiger partial charge in [0.2, 0.25) is 0 Å². The maximum absolute atomic E-state index is 12.6. The molecule has 1 atom stereocenters. The molecule has 0 saturated carbocycles. The summed E-state index contributed by atoms with van der Waals surface area (Å²) in [6.07, 6.45) is -3.78. The van der Waals surface area contributed by atoms with Crippen LogP contribution in [0, 0.1) is 6.92 Å². The van der Waals surface area contributed by atoms with Crippen LogP contribution in [0.4, 0.5) is 13.2 Å². The number of aryl methyl sites for hydroxylation is 1. The monoisotopic (exact) mass is 313 g/mol. The molecule has 0 radical (unpaired) electrons. The van der Waals surface area contributed by atoms with Crippen LogP contribution < -0.4 is 5.73 Å². The predicted octanol–water partition coefficient (Wildman–Crippen LogP) is 4.91. The van der Waals surface area contributed by atoms with Crippen LogP contribution in [0.1, 0.15) is 28.3 Å². The first kappa shape index (κ1) is 15.9. The summed E-state index contributed by atoms with van der Waals surface area (Å²) >= 11 is 5.81. The van der Waals surface area contributed by atoms with Crippen molar-refractivity contribution >= 4 is 11.6 Å². The fraction of sp³-hybridized carbons (Fsp3) is 0.250. The van der Waals surface area contributed by atoms with E-state index in [1.807, 2.05) is 12.1 Å². The lowest BCUT2D eigenvalue weighted by Gasteiger charge is -2.17. The van der Waals surface area contributed by atoms with Gasteiger partial charge < -0.3 is 5.73 Å². The number of hydrogen-bond donors (Lipinski definition) is 1. The van der Waals surface area contributed by atoms with E-state index in [0.717, 1.165) is 23.3 Å². The molecular weight excluding hydrogens is 299 g/mol. The topological polar surface area (TPSA) is 26.0 Å². The van der Waals surface area contributed by atoms with Gasteiger partial charge in [-0.3, -0.25) is 0 Å². The van der Waals surface area contributed by atoms with Crippen molar-refractivity contribution in [3.05, 3.63) is 69.7 Å². The third kappa shape index (κ3) is 3.99. The minimum absolute atomic E-state index is 0.353. The number of rotatable bonds is 3. The maximum atomic E-state index is 12.6. The normalized spacial score (nSPS) is 13.2. The number of alkyl halides is 3. The van der Waals surface area contributed by atoms with Crippen LogP contribution in [-0.2, 0) is 12.6 Å². The van der Waals surface area contributed by atoms with Crippen molar-refractivity contribution in [3.63, 3.8) is 0 Å². The first-order valence-corrected chi connectivity index (χ1v) is 6.83. The largest absolute Gasteiger partial charge is 0.416 e. The van der Waals surface area contributed by atoms with E-state index in [9.17, 15) is 13.2 Å². The van der Waals surface area contributed by atoms with Crippen molar-refractivity contribution < 1.29 is 13.2 Å². The molecule has 2 aromatic rings. The van der Waals surface area contributed by atoms with Gasteiger partial charge in [0.1, 0.15) is 0 Å². The molecule has 1 nitrogen and oxygen atoms in total. The van der Waals surface area contributed by atoms with Crippen LogP contribution in [0.25, 0.3) is 0 Å². The van der Waals surface area contributed by atoms with Gasteiger partial charge in [-0.15, -0.1) is 0 Å². The molecule has 112 valence electrons. The Hall–Kier alpha value is -1.52. The van der Waals surface area contributed by atoms with E-state index >= 15 is 0 Å². The molecule has 2 aromatic carbocycles. The highest BCUT2D eigenvalue weighted by Crippen LogP contribution is 2.31. The molecule has 0 heterocycles. The SMILES string of the molecule is Cc1cc(C(F)(F)F)ccc1C(N)Cc1ccc(Cl)cc1. The summed E-state index contributed by atoms with van der Waals surface area (Å²) in [6, 6.07) is 10.6. The Morgan fingerprint density at radius 1 is 1.10 bits per heavy atom. The highest BCUT2D eigenvalue weighted by atomic mass is 35.5. The molecule has 0 bridgehead atoms. The summed E-state index contributed by atoms with van der Waals surface area (Å²) in [5.74, 6) is 0. The van der Waals surface area contributed by atoms with Crippen LogP contribution in [0.15, 0.2) is 42.5 Å². The summed E-state index contributed by atoms with van der Waals surface area (Å²) in [5, 5.41) is 0.637. The quantitative estimate of drug-likeness (QED) is 0.856. The number of benzene rings is 2. The van der Waals surface area contributed by atoms with E-state index in [-0.39, 0.29) is 6.04 Å². The third-order valence-corrected chi connectivity index (χ3v) is 3.62. The molecule has 2 N–H and O–H groups in total. The van der Waals surface area contributed by atoms with Crippen LogP contribution in [0.5, 0.6) is 0 Å².